The maximum absolute atomic E-state index is 5.94. The van der Waals surface area contributed by atoms with Crippen molar-refractivity contribution in [1.29, 1.82) is 0 Å². The molecule has 17 heavy (non-hydrogen) atoms. The lowest BCUT2D eigenvalue weighted by Crippen LogP contribution is -1.93. The highest BCUT2D eigenvalue weighted by molar-refractivity contribution is 5.71. The SMILES string of the molecule is Nc1cn(-c2ccccc2)nc1-c1ccoc1. The number of benzene rings is 1. The molecule has 0 atom stereocenters. The van der Waals surface area contributed by atoms with Crippen molar-refractivity contribution in [1.82, 2.24) is 9.78 Å². The van der Waals surface area contributed by atoms with E-state index in [0.29, 0.717) is 5.69 Å². The third kappa shape index (κ3) is 1.69. The Morgan fingerprint density at radius 3 is 2.65 bits per heavy atom. The molecular weight excluding hydrogens is 214 g/mol. The van der Waals surface area contributed by atoms with E-state index in [2.05, 4.69) is 5.10 Å². The van der Waals surface area contributed by atoms with Gasteiger partial charge in [0.2, 0.25) is 0 Å². The molecule has 0 aliphatic carbocycles. The number of aromatic nitrogens is 2. The minimum Gasteiger partial charge on any atom is -0.472 e. The van der Waals surface area contributed by atoms with Crippen LogP contribution in [0, 0.1) is 0 Å². The second kappa shape index (κ2) is 3.83. The third-order valence-corrected chi connectivity index (χ3v) is 2.56. The van der Waals surface area contributed by atoms with Gasteiger partial charge in [0.15, 0.2) is 0 Å². The number of hydrogen-bond donors (Lipinski definition) is 1. The van der Waals surface area contributed by atoms with Crippen molar-refractivity contribution in [2.24, 2.45) is 0 Å². The van der Waals surface area contributed by atoms with Gasteiger partial charge in [-0.05, 0) is 18.2 Å². The van der Waals surface area contributed by atoms with Crippen molar-refractivity contribution in [3.63, 3.8) is 0 Å². The lowest BCUT2D eigenvalue weighted by atomic mass is 10.2. The maximum Gasteiger partial charge on any atom is 0.119 e. The summed E-state index contributed by atoms with van der Waals surface area (Å²) in [6.07, 6.45) is 5.04. The lowest BCUT2D eigenvalue weighted by molar-refractivity contribution is 0.568. The van der Waals surface area contributed by atoms with E-state index in [4.69, 9.17) is 10.2 Å². The van der Waals surface area contributed by atoms with Crippen LogP contribution in [0.15, 0.2) is 59.5 Å². The van der Waals surface area contributed by atoms with Crippen LogP contribution in [-0.2, 0) is 0 Å². The molecule has 84 valence electrons. The summed E-state index contributed by atoms with van der Waals surface area (Å²) in [5.41, 5.74) is 9.18. The fourth-order valence-corrected chi connectivity index (χ4v) is 1.72. The quantitative estimate of drug-likeness (QED) is 0.729. The second-order valence-electron chi connectivity index (χ2n) is 3.73. The standard InChI is InChI=1S/C13H11N3O/c14-12-8-16(11-4-2-1-3-5-11)15-13(12)10-6-7-17-9-10/h1-9H,14H2. The van der Waals surface area contributed by atoms with Gasteiger partial charge in [0.25, 0.3) is 0 Å². The van der Waals surface area contributed by atoms with E-state index < -0.39 is 0 Å². The molecule has 0 saturated heterocycles. The van der Waals surface area contributed by atoms with Gasteiger partial charge in [-0.1, -0.05) is 18.2 Å². The molecule has 3 rings (SSSR count). The van der Waals surface area contributed by atoms with Crippen molar-refractivity contribution in [2.75, 3.05) is 5.73 Å². The molecule has 0 unspecified atom stereocenters. The molecule has 0 aliphatic rings. The minimum atomic E-state index is 0.634. The highest BCUT2D eigenvalue weighted by Gasteiger charge is 2.10. The zero-order valence-corrected chi connectivity index (χ0v) is 9.08. The smallest absolute Gasteiger partial charge is 0.119 e. The van der Waals surface area contributed by atoms with Crippen LogP contribution in [0.25, 0.3) is 16.9 Å². The predicted molar refractivity (Wildman–Crippen MR) is 65.7 cm³/mol. The summed E-state index contributed by atoms with van der Waals surface area (Å²) in [6, 6.07) is 11.7. The topological polar surface area (TPSA) is 57.0 Å². The van der Waals surface area contributed by atoms with E-state index in [1.807, 2.05) is 36.4 Å². The number of rotatable bonds is 2. The zero-order chi connectivity index (χ0) is 11.7. The van der Waals surface area contributed by atoms with Crippen molar-refractivity contribution >= 4 is 5.69 Å². The Balaban J connectivity index is 2.08. The normalized spacial score (nSPS) is 10.6. The Morgan fingerprint density at radius 1 is 1.12 bits per heavy atom. The van der Waals surface area contributed by atoms with Gasteiger partial charge >= 0.3 is 0 Å². The number of nitrogens with zero attached hydrogens (tertiary/aromatic N) is 2. The minimum absolute atomic E-state index is 0.634. The number of anilines is 1. The molecule has 0 fully saturated rings. The molecule has 4 heteroatoms. The summed E-state index contributed by atoms with van der Waals surface area (Å²) in [7, 11) is 0. The van der Waals surface area contributed by atoms with Crippen LogP contribution in [0.5, 0.6) is 0 Å². The molecule has 0 bridgehead atoms. The average Bonchev–Trinajstić information content (AvgIpc) is 2.99. The monoisotopic (exact) mass is 225 g/mol. The van der Waals surface area contributed by atoms with E-state index in [0.717, 1.165) is 16.9 Å². The zero-order valence-electron chi connectivity index (χ0n) is 9.08. The molecule has 0 amide bonds. The van der Waals surface area contributed by atoms with Gasteiger partial charge in [0, 0.05) is 5.56 Å². The second-order valence-corrected chi connectivity index (χ2v) is 3.73. The fraction of sp³-hybridized carbons (Fsp3) is 0. The van der Waals surface area contributed by atoms with Gasteiger partial charge in [-0.15, -0.1) is 0 Å². The van der Waals surface area contributed by atoms with Crippen LogP contribution in [0.1, 0.15) is 0 Å². The van der Waals surface area contributed by atoms with E-state index in [1.54, 1.807) is 23.4 Å². The maximum atomic E-state index is 5.94. The Hall–Kier alpha value is -2.49. The molecule has 2 heterocycles. The van der Waals surface area contributed by atoms with Crippen LogP contribution in [0.4, 0.5) is 5.69 Å². The van der Waals surface area contributed by atoms with E-state index in [-0.39, 0.29) is 0 Å². The lowest BCUT2D eigenvalue weighted by Gasteiger charge is -1.98. The average molecular weight is 225 g/mol. The van der Waals surface area contributed by atoms with Crippen molar-refractivity contribution < 1.29 is 4.42 Å². The van der Waals surface area contributed by atoms with Gasteiger partial charge in [-0.2, -0.15) is 5.10 Å². The molecule has 0 spiro atoms. The number of furan rings is 1. The fourth-order valence-electron chi connectivity index (χ4n) is 1.72. The van der Waals surface area contributed by atoms with Gasteiger partial charge in [-0.25, -0.2) is 4.68 Å². The van der Waals surface area contributed by atoms with Gasteiger partial charge in [0.05, 0.1) is 30.1 Å². The molecule has 2 N–H and O–H groups in total. The van der Waals surface area contributed by atoms with E-state index in [1.165, 1.54) is 0 Å². The number of nitrogens with two attached hydrogens (primary N) is 1. The van der Waals surface area contributed by atoms with Crippen molar-refractivity contribution in [3.05, 3.63) is 55.1 Å². The summed E-state index contributed by atoms with van der Waals surface area (Å²) >= 11 is 0. The predicted octanol–water partition coefficient (Wildman–Crippen LogP) is 2.71. The van der Waals surface area contributed by atoms with Crippen LogP contribution >= 0.6 is 0 Å². The molecule has 1 aromatic carbocycles. The summed E-state index contributed by atoms with van der Waals surface area (Å²) in [5.74, 6) is 0. The summed E-state index contributed by atoms with van der Waals surface area (Å²) in [5, 5.41) is 4.45. The van der Waals surface area contributed by atoms with Gasteiger partial charge in [0.1, 0.15) is 5.69 Å². The number of nitrogen functional groups attached to an aromatic ring is 1. The Bertz CT molecular complexity index is 611. The molecule has 0 aliphatic heterocycles. The molecule has 2 aromatic heterocycles. The van der Waals surface area contributed by atoms with E-state index in [9.17, 15) is 0 Å². The van der Waals surface area contributed by atoms with Crippen LogP contribution < -0.4 is 5.73 Å². The summed E-state index contributed by atoms with van der Waals surface area (Å²) in [4.78, 5) is 0. The first-order valence-electron chi connectivity index (χ1n) is 5.28. The Kier molecular flexibility index (Phi) is 2.19. The summed E-state index contributed by atoms with van der Waals surface area (Å²) < 4.78 is 6.80. The molecular formula is C13H11N3O. The van der Waals surface area contributed by atoms with Gasteiger partial charge < -0.3 is 10.2 Å². The highest BCUT2D eigenvalue weighted by atomic mass is 16.3. The molecule has 4 nitrogen and oxygen atoms in total. The van der Waals surface area contributed by atoms with Crippen LogP contribution in [0.3, 0.4) is 0 Å². The van der Waals surface area contributed by atoms with Crippen LogP contribution in [0.2, 0.25) is 0 Å². The first-order valence-corrected chi connectivity index (χ1v) is 5.28. The van der Waals surface area contributed by atoms with Crippen LogP contribution in [-0.4, -0.2) is 9.78 Å². The Labute approximate surface area is 98.3 Å². The van der Waals surface area contributed by atoms with Gasteiger partial charge in [-0.3, -0.25) is 0 Å². The first kappa shape index (κ1) is 9.72. The highest BCUT2D eigenvalue weighted by Crippen LogP contribution is 2.25. The summed E-state index contributed by atoms with van der Waals surface area (Å²) in [6.45, 7) is 0. The molecule has 0 radical (unpaired) electrons. The number of hydrogen-bond acceptors (Lipinski definition) is 3. The largest absolute Gasteiger partial charge is 0.472 e. The third-order valence-electron chi connectivity index (χ3n) is 2.56. The first-order chi connectivity index (χ1) is 8.34. The number of para-hydroxylation sites is 1. The Morgan fingerprint density at radius 2 is 1.94 bits per heavy atom. The van der Waals surface area contributed by atoms with E-state index >= 15 is 0 Å². The van der Waals surface area contributed by atoms with Crippen molar-refractivity contribution in [3.8, 4) is 16.9 Å². The van der Waals surface area contributed by atoms with Crippen molar-refractivity contribution in [2.45, 2.75) is 0 Å². The molecule has 0 saturated carbocycles. The molecule has 3 aromatic rings.